The van der Waals surface area contributed by atoms with Crippen LogP contribution in [0.4, 0.5) is 5.69 Å². The Balaban J connectivity index is 1.24. The largest absolute Gasteiger partial charge is 0.508 e. The van der Waals surface area contributed by atoms with Crippen molar-refractivity contribution in [1.29, 1.82) is 0 Å². The number of nitrogens with one attached hydrogen (secondary N) is 1. The van der Waals surface area contributed by atoms with E-state index in [1.54, 1.807) is 20.1 Å². The van der Waals surface area contributed by atoms with Crippen molar-refractivity contribution in [2.24, 2.45) is 0 Å². The molecule has 0 aromatic heterocycles. The average molecular weight is 694 g/mol. The normalized spacial score (nSPS) is 15.5. The van der Waals surface area contributed by atoms with Crippen molar-refractivity contribution in [3.8, 4) is 29.3 Å². The molecule has 2 heterocycles. The quantitative estimate of drug-likeness (QED) is 0.0829. The second-order valence-corrected chi connectivity index (χ2v) is 13.5. The van der Waals surface area contributed by atoms with E-state index in [4.69, 9.17) is 14.2 Å². The number of methoxy groups -OCH3 is 1. The van der Waals surface area contributed by atoms with Gasteiger partial charge in [0.05, 0.1) is 19.8 Å². The molecule has 0 radical (unpaired) electrons. The Hall–Kier alpha value is -4.71. The summed E-state index contributed by atoms with van der Waals surface area (Å²) in [5, 5.41) is 35.5. The zero-order valence-corrected chi connectivity index (χ0v) is 29.9. The van der Waals surface area contributed by atoms with Gasteiger partial charge >= 0.3 is 0 Å². The van der Waals surface area contributed by atoms with E-state index >= 15 is 0 Å². The first-order valence-electron chi connectivity index (χ1n) is 18.2. The molecule has 6 bridgehead atoms. The summed E-state index contributed by atoms with van der Waals surface area (Å²) in [4.78, 5) is 13.2. The number of aromatic hydroxyl groups is 1. The Morgan fingerprint density at radius 3 is 2.67 bits per heavy atom. The highest BCUT2D eigenvalue weighted by Crippen LogP contribution is 2.33. The Morgan fingerprint density at radius 2 is 1.84 bits per heavy atom. The van der Waals surface area contributed by atoms with Crippen LogP contribution < -0.4 is 14.8 Å². The molecule has 0 saturated heterocycles. The maximum Gasteiger partial charge on any atom is 0.161 e. The van der Waals surface area contributed by atoms with E-state index < -0.39 is 0 Å². The number of aliphatic hydroxyl groups excluding tert-OH is 2. The monoisotopic (exact) mass is 693 g/mol. The summed E-state index contributed by atoms with van der Waals surface area (Å²) in [7, 11) is 1.60. The molecule has 8 nitrogen and oxygen atoms in total. The number of ether oxygens (including phenoxy) is 3. The van der Waals surface area contributed by atoms with E-state index in [1.807, 2.05) is 42.5 Å². The minimum atomic E-state index is -0.388. The zero-order valence-electron chi connectivity index (χ0n) is 29.9. The summed E-state index contributed by atoms with van der Waals surface area (Å²) in [6.07, 6.45) is 10.7. The summed E-state index contributed by atoms with van der Waals surface area (Å²) in [5.74, 6) is 4.49. The van der Waals surface area contributed by atoms with Crippen LogP contribution >= 0.6 is 0 Å². The van der Waals surface area contributed by atoms with Gasteiger partial charge in [0.15, 0.2) is 11.5 Å². The van der Waals surface area contributed by atoms with Gasteiger partial charge in [0, 0.05) is 37.1 Å². The first-order valence-corrected chi connectivity index (χ1v) is 18.2. The fourth-order valence-corrected chi connectivity index (χ4v) is 6.55. The maximum atomic E-state index is 13.2. The SMILES string of the molecule is COc1ccc2cc1OCc1cc3ccc(O)c(c3cc1CO)CC#CO[C@H](CCCCCCCc1cccc(NC[C@H](C)O)c1)CC(=O)CC2. The minimum absolute atomic E-state index is 0.121. The standard InChI is InChI=1S/C43H51NO7/c1-30(46)27-44-36-12-8-11-31(22-36)10-6-4-3-5-7-13-38-26-37(47)18-15-32-16-20-42(49-2)43(23-32)51-29-35-24-33-17-19-41(48)39(14-9-21-50-38)40(33)25-34(35)28-45/h8,11-12,16-17,19-20,22-25,30,38,44-46,48H,3-7,10,13-15,18,26-29H2,1-2H3/t30-,38+/m0/s1. The molecule has 4 aromatic rings. The van der Waals surface area contributed by atoms with Crippen LogP contribution in [0.2, 0.25) is 0 Å². The molecule has 6 rings (SSSR count). The van der Waals surface area contributed by atoms with Crippen LogP contribution in [0.5, 0.6) is 17.2 Å². The molecule has 270 valence electrons. The van der Waals surface area contributed by atoms with Gasteiger partial charge in [0.1, 0.15) is 30.4 Å². The lowest BCUT2D eigenvalue weighted by molar-refractivity contribution is -0.121. The Bertz CT molecular complexity index is 1820. The van der Waals surface area contributed by atoms with E-state index in [0.717, 1.165) is 72.5 Å². The van der Waals surface area contributed by atoms with Crippen molar-refractivity contribution in [1.82, 2.24) is 0 Å². The molecular formula is C43H51NO7. The van der Waals surface area contributed by atoms with E-state index in [1.165, 1.54) is 5.56 Å². The molecule has 51 heavy (non-hydrogen) atoms. The van der Waals surface area contributed by atoms with E-state index in [-0.39, 0.29) is 49.8 Å². The Kier molecular flexibility index (Phi) is 14.0. The number of hydrogen-bond acceptors (Lipinski definition) is 8. The lowest BCUT2D eigenvalue weighted by Crippen LogP contribution is -2.16. The zero-order chi connectivity index (χ0) is 36.0. The van der Waals surface area contributed by atoms with Crippen molar-refractivity contribution >= 4 is 22.2 Å². The summed E-state index contributed by atoms with van der Waals surface area (Å²) in [6.45, 7) is 2.34. The average Bonchev–Trinajstić information content (AvgIpc) is 3.13. The number of hydrogen-bond donors (Lipinski definition) is 4. The van der Waals surface area contributed by atoms with Crippen molar-refractivity contribution in [2.45, 2.75) is 103 Å². The number of aryl methyl sites for hydroxylation is 2. The summed E-state index contributed by atoms with van der Waals surface area (Å²) in [5.41, 5.74) is 5.48. The fourth-order valence-electron chi connectivity index (χ4n) is 6.55. The smallest absolute Gasteiger partial charge is 0.161 e. The number of aliphatic hydroxyl groups is 2. The number of benzene rings is 4. The van der Waals surface area contributed by atoms with Gasteiger partial charge < -0.3 is 34.8 Å². The molecule has 4 N–H and O–H groups in total. The predicted molar refractivity (Wildman–Crippen MR) is 201 cm³/mol. The molecular weight excluding hydrogens is 642 g/mol. The minimum Gasteiger partial charge on any atom is -0.508 e. The first-order chi connectivity index (χ1) is 24.8. The highest BCUT2D eigenvalue weighted by atomic mass is 16.5. The van der Waals surface area contributed by atoms with Crippen LogP contribution in [-0.2, 0) is 42.0 Å². The van der Waals surface area contributed by atoms with Crippen LogP contribution in [0.1, 0.15) is 86.1 Å². The van der Waals surface area contributed by atoms with Crippen LogP contribution in [0.25, 0.3) is 10.8 Å². The Morgan fingerprint density at radius 1 is 1.00 bits per heavy atom. The number of ketones is 1. The fraction of sp³-hybridized carbons (Fsp3) is 0.419. The highest BCUT2D eigenvalue weighted by molar-refractivity contribution is 5.89. The van der Waals surface area contributed by atoms with Crippen molar-refractivity contribution < 1.29 is 34.3 Å². The van der Waals surface area contributed by atoms with E-state index in [2.05, 4.69) is 35.5 Å². The lowest BCUT2D eigenvalue weighted by atomic mass is 9.96. The van der Waals surface area contributed by atoms with Gasteiger partial charge in [-0.3, -0.25) is 4.79 Å². The van der Waals surface area contributed by atoms with Gasteiger partial charge in [-0.05, 0) is 115 Å². The molecule has 0 spiro atoms. The first kappa shape index (κ1) is 37.5. The van der Waals surface area contributed by atoms with Gasteiger partial charge in [0.25, 0.3) is 0 Å². The van der Waals surface area contributed by atoms with Crippen LogP contribution in [-0.4, -0.2) is 47.0 Å². The molecule has 0 saturated carbocycles. The number of phenolic OH excluding ortho intramolecular Hbond substituents is 1. The summed E-state index contributed by atoms with van der Waals surface area (Å²) >= 11 is 0. The van der Waals surface area contributed by atoms with Gasteiger partial charge in [-0.2, -0.15) is 0 Å². The maximum absolute atomic E-state index is 13.2. The third-order valence-electron chi connectivity index (χ3n) is 9.44. The van der Waals surface area contributed by atoms with Gasteiger partial charge in [0.2, 0.25) is 0 Å². The molecule has 2 aliphatic rings. The van der Waals surface area contributed by atoms with Crippen LogP contribution in [0.15, 0.2) is 66.7 Å². The summed E-state index contributed by atoms with van der Waals surface area (Å²) < 4.78 is 17.8. The molecule has 8 heteroatoms. The number of phenols is 1. The highest BCUT2D eigenvalue weighted by Gasteiger charge is 2.17. The topological polar surface area (TPSA) is 117 Å². The van der Waals surface area contributed by atoms with Crippen molar-refractivity contribution in [3.05, 3.63) is 94.5 Å². The van der Waals surface area contributed by atoms with Gasteiger partial charge in [-0.15, -0.1) is 0 Å². The molecule has 2 atom stereocenters. The van der Waals surface area contributed by atoms with Gasteiger partial charge in [-0.25, -0.2) is 0 Å². The van der Waals surface area contributed by atoms with Crippen LogP contribution in [0.3, 0.4) is 0 Å². The third kappa shape index (κ3) is 11.1. The third-order valence-corrected chi connectivity index (χ3v) is 9.44. The number of fused-ring (bicyclic) bond motifs is 9. The second kappa shape index (κ2) is 19.1. The Labute approximate surface area is 301 Å². The number of rotatable bonds is 13. The number of unbranched alkanes of at least 4 members (excludes halogenated alkanes) is 4. The predicted octanol–water partition coefficient (Wildman–Crippen LogP) is 7.80. The number of carbonyl (C=O) groups excluding carboxylic acids is 1. The number of carbonyl (C=O) groups is 1. The molecule has 0 fully saturated rings. The summed E-state index contributed by atoms with van der Waals surface area (Å²) in [6, 6.07) is 21.5. The number of anilines is 1. The molecule has 0 unspecified atom stereocenters. The lowest BCUT2D eigenvalue weighted by Gasteiger charge is -2.16. The second-order valence-electron chi connectivity index (χ2n) is 13.5. The number of Topliss-reactive ketones (excluding diaryl/α,β-unsaturated/α-hetero) is 1. The van der Waals surface area contributed by atoms with Crippen molar-refractivity contribution in [3.63, 3.8) is 0 Å². The van der Waals surface area contributed by atoms with Gasteiger partial charge in [-0.1, -0.05) is 49.4 Å². The van der Waals surface area contributed by atoms with Crippen molar-refractivity contribution in [2.75, 3.05) is 19.0 Å². The van der Waals surface area contributed by atoms with E-state index in [9.17, 15) is 20.1 Å². The molecule has 0 aliphatic carbocycles. The van der Waals surface area contributed by atoms with Crippen LogP contribution in [0, 0.1) is 12.0 Å². The molecule has 4 aromatic carbocycles. The molecule has 2 aliphatic heterocycles. The van der Waals surface area contributed by atoms with E-state index in [0.29, 0.717) is 42.0 Å². The molecule has 0 amide bonds.